The van der Waals surface area contributed by atoms with Crippen LogP contribution in [0.4, 0.5) is 0 Å². The smallest absolute Gasteiger partial charge is 0.0780 e. The Balaban J connectivity index is 1.29. The lowest BCUT2D eigenvalue weighted by atomic mass is 9.97. The molecule has 2 heterocycles. The monoisotopic (exact) mass is 510 g/mol. The molecule has 0 aliphatic heterocycles. The van der Waals surface area contributed by atoms with Gasteiger partial charge in [0.15, 0.2) is 0 Å². The Hall–Kier alpha value is -5.34. The summed E-state index contributed by atoms with van der Waals surface area (Å²) in [5.74, 6) is 0. The SMILES string of the molecule is c1ccc(-c2ccc(-c3cc(-c4ccc(-c5nccc6ccccc56)cc4)cc(-c4ccccc4)n3)cc2)cc1. The molecule has 7 aromatic rings. The van der Waals surface area contributed by atoms with Crippen molar-refractivity contribution in [2.75, 3.05) is 0 Å². The molecule has 0 aliphatic carbocycles. The molecule has 0 radical (unpaired) electrons. The van der Waals surface area contributed by atoms with E-state index in [0.717, 1.165) is 50.3 Å². The lowest BCUT2D eigenvalue weighted by Crippen LogP contribution is -1.92. The number of aromatic nitrogens is 2. The van der Waals surface area contributed by atoms with Crippen molar-refractivity contribution in [1.82, 2.24) is 9.97 Å². The highest BCUT2D eigenvalue weighted by molar-refractivity contribution is 5.94. The predicted molar refractivity (Wildman–Crippen MR) is 167 cm³/mol. The Morgan fingerprint density at radius 1 is 0.350 bits per heavy atom. The summed E-state index contributed by atoms with van der Waals surface area (Å²) in [5.41, 5.74) is 10.9. The zero-order valence-electron chi connectivity index (χ0n) is 21.9. The van der Waals surface area contributed by atoms with Crippen LogP contribution in [0.5, 0.6) is 0 Å². The van der Waals surface area contributed by atoms with E-state index in [9.17, 15) is 0 Å². The molecule has 2 heteroatoms. The van der Waals surface area contributed by atoms with Gasteiger partial charge >= 0.3 is 0 Å². The van der Waals surface area contributed by atoms with Crippen molar-refractivity contribution in [3.63, 3.8) is 0 Å². The fraction of sp³-hybridized carbons (Fsp3) is 0. The van der Waals surface area contributed by atoms with E-state index in [0.29, 0.717) is 0 Å². The minimum atomic E-state index is 0.954. The van der Waals surface area contributed by atoms with Crippen LogP contribution in [0.2, 0.25) is 0 Å². The van der Waals surface area contributed by atoms with Gasteiger partial charge in [-0.1, -0.05) is 133 Å². The first-order valence-corrected chi connectivity index (χ1v) is 13.5. The number of benzene rings is 5. The number of hydrogen-bond donors (Lipinski definition) is 0. The van der Waals surface area contributed by atoms with Crippen LogP contribution < -0.4 is 0 Å². The Bertz CT molecular complexity index is 1900. The number of fused-ring (bicyclic) bond motifs is 1. The summed E-state index contributed by atoms with van der Waals surface area (Å²) in [6, 6.07) is 53.1. The molecule has 40 heavy (non-hydrogen) atoms. The summed E-state index contributed by atoms with van der Waals surface area (Å²) in [7, 11) is 0. The summed E-state index contributed by atoms with van der Waals surface area (Å²) in [6.45, 7) is 0. The third kappa shape index (κ3) is 4.68. The normalized spacial score (nSPS) is 11.0. The van der Waals surface area contributed by atoms with Crippen LogP contribution in [0.3, 0.4) is 0 Å². The van der Waals surface area contributed by atoms with Gasteiger partial charge in [-0.3, -0.25) is 4.98 Å². The second kappa shape index (κ2) is 10.4. The largest absolute Gasteiger partial charge is 0.256 e. The standard InChI is InChI=1S/C38H26N2/c1-3-9-27(10-4-1)28-15-19-32(20-16-28)37-26-34(25-36(40-37)31-12-5-2-6-13-31)29-17-21-33(22-18-29)38-35-14-8-7-11-30(35)23-24-39-38/h1-26H. The van der Waals surface area contributed by atoms with Crippen molar-refractivity contribution in [2.24, 2.45) is 0 Å². The van der Waals surface area contributed by atoms with Gasteiger partial charge < -0.3 is 0 Å². The molecule has 0 amide bonds. The van der Waals surface area contributed by atoms with Crippen molar-refractivity contribution in [2.45, 2.75) is 0 Å². The fourth-order valence-corrected chi connectivity index (χ4v) is 5.24. The first kappa shape index (κ1) is 23.8. The Morgan fingerprint density at radius 3 is 1.50 bits per heavy atom. The highest BCUT2D eigenvalue weighted by atomic mass is 14.7. The number of hydrogen-bond acceptors (Lipinski definition) is 2. The van der Waals surface area contributed by atoms with Gasteiger partial charge in [-0.15, -0.1) is 0 Å². The maximum atomic E-state index is 5.09. The van der Waals surface area contributed by atoms with Gasteiger partial charge in [0, 0.05) is 28.3 Å². The molecule has 0 bridgehead atoms. The van der Waals surface area contributed by atoms with Crippen molar-refractivity contribution in [3.8, 4) is 56.0 Å². The molecular weight excluding hydrogens is 484 g/mol. The van der Waals surface area contributed by atoms with Gasteiger partial charge in [0.2, 0.25) is 0 Å². The topological polar surface area (TPSA) is 25.8 Å². The minimum absolute atomic E-state index is 0.954. The number of pyridine rings is 2. The molecule has 0 saturated heterocycles. The Kier molecular flexibility index (Phi) is 6.20. The van der Waals surface area contributed by atoms with Crippen molar-refractivity contribution < 1.29 is 0 Å². The first-order chi connectivity index (χ1) is 19.8. The Labute approximate surface area is 234 Å². The maximum absolute atomic E-state index is 5.09. The van der Waals surface area contributed by atoms with Crippen LogP contribution in [0.25, 0.3) is 66.8 Å². The van der Waals surface area contributed by atoms with Crippen molar-refractivity contribution in [3.05, 3.63) is 158 Å². The molecular formula is C38H26N2. The summed E-state index contributed by atoms with van der Waals surface area (Å²) in [5, 5.41) is 2.36. The van der Waals surface area contributed by atoms with Crippen LogP contribution in [0, 0.1) is 0 Å². The van der Waals surface area contributed by atoms with Crippen molar-refractivity contribution >= 4 is 10.8 Å². The fourth-order valence-electron chi connectivity index (χ4n) is 5.24. The lowest BCUT2D eigenvalue weighted by molar-refractivity contribution is 1.32. The average molecular weight is 511 g/mol. The van der Waals surface area contributed by atoms with E-state index in [1.54, 1.807) is 0 Å². The van der Waals surface area contributed by atoms with Gasteiger partial charge in [0.1, 0.15) is 0 Å². The molecule has 0 N–H and O–H groups in total. The van der Waals surface area contributed by atoms with Gasteiger partial charge in [-0.25, -0.2) is 4.98 Å². The average Bonchev–Trinajstić information content (AvgIpc) is 3.05. The molecule has 2 nitrogen and oxygen atoms in total. The minimum Gasteiger partial charge on any atom is -0.256 e. The highest BCUT2D eigenvalue weighted by Crippen LogP contribution is 2.33. The van der Waals surface area contributed by atoms with E-state index >= 15 is 0 Å². The van der Waals surface area contributed by atoms with Crippen LogP contribution >= 0.6 is 0 Å². The zero-order chi connectivity index (χ0) is 26.7. The van der Waals surface area contributed by atoms with Crippen LogP contribution in [-0.2, 0) is 0 Å². The second-order valence-corrected chi connectivity index (χ2v) is 9.89. The quantitative estimate of drug-likeness (QED) is 0.230. The third-order valence-electron chi connectivity index (χ3n) is 7.35. The van der Waals surface area contributed by atoms with Crippen LogP contribution in [0.1, 0.15) is 0 Å². The van der Waals surface area contributed by atoms with Crippen LogP contribution in [-0.4, -0.2) is 9.97 Å². The third-order valence-corrected chi connectivity index (χ3v) is 7.35. The molecule has 188 valence electrons. The molecule has 5 aromatic carbocycles. The molecule has 7 rings (SSSR count). The van der Waals surface area contributed by atoms with Gasteiger partial charge in [-0.2, -0.15) is 0 Å². The van der Waals surface area contributed by atoms with Gasteiger partial charge in [0.05, 0.1) is 17.1 Å². The molecule has 0 saturated carbocycles. The van der Waals surface area contributed by atoms with Crippen LogP contribution in [0.15, 0.2) is 158 Å². The van der Waals surface area contributed by atoms with E-state index < -0.39 is 0 Å². The highest BCUT2D eigenvalue weighted by Gasteiger charge is 2.11. The molecule has 0 fully saturated rings. The summed E-state index contributed by atoms with van der Waals surface area (Å²) in [4.78, 5) is 9.80. The van der Waals surface area contributed by atoms with E-state index in [1.165, 1.54) is 16.5 Å². The van der Waals surface area contributed by atoms with E-state index in [-0.39, 0.29) is 0 Å². The first-order valence-electron chi connectivity index (χ1n) is 13.5. The van der Waals surface area contributed by atoms with E-state index in [2.05, 4.69) is 140 Å². The second-order valence-electron chi connectivity index (χ2n) is 9.89. The number of nitrogens with zero attached hydrogens (tertiary/aromatic N) is 2. The Morgan fingerprint density at radius 2 is 0.825 bits per heavy atom. The molecule has 0 unspecified atom stereocenters. The predicted octanol–water partition coefficient (Wildman–Crippen LogP) is 9.96. The zero-order valence-corrected chi connectivity index (χ0v) is 21.9. The number of rotatable bonds is 5. The molecule has 0 spiro atoms. The molecule has 0 atom stereocenters. The van der Waals surface area contributed by atoms with E-state index in [1.807, 2.05) is 18.3 Å². The van der Waals surface area contributed by atoms with Gasteiger partial charge in [-0.05, 0) is 45.8 Å². The summed E-state index contributed by atoms with van der Waals surface area (Å²) >= 11 is 0. The summed E-state index contributed by atoms with van der Waals surface area (Å²) < 4.78 is 0. The van der Waals surface area contributed by atoms with Crippen molar-refractivity contribution in [1.29, 1.82) is 0 Å². The van der Waals surface area contributed by atoms with E-state index in [4.69, 9.17) is 9.97 Å². The molecule has 2 aromatic heterocycles. The maximum Gasteiger partial charge on any atom is 0.0780 e. The van der Waals surface area contributed by atoms with Gasteiger partial charge in [0.25, 0.3) is 0 Å². The lowest BCUT2D eigenvalue weighted by Gasteiger charge is -2.12. The summed E-state index contributed by atoms with van der Waals surface area (Å²) in [6.07, 6.45) is 1.88. The molecule has 0 aliphatic rings.